The van der Waals surface area contributed by atoms with Gasteiger partial charge in [0.15, 0.2) is 0 Å². The molecule has 1 unspecified atom stereocenters. The van der Waals surface area contributed by atoms with Gasteiger partial charge in [-0.2, -0.15) is 0 Å². The van der Waals surface area contributed by atoms with Crippen LogP contribution in [-0.2, 0) is 9.53 Å². The van der Waals surface area contributed by atoms with Crippen LogP contribution in [-0.4, -0.2) is 21.4 Å². The molecule has 0 aromatic rings. The first-order valence-electron chi connectivity index (χ1n) is 3.75. The van der Waals surface area contributed by atoms with Crippen molar-refractivity contribution in [1.82, 2.24) is 0 Å². The second-order valence-electron chi connectivity index (χ2n) is 3.14. The predicted molar refractivity (Wildman–Crippen MR) is 49.5 cm³/mol. The summed E-state index contributed by atoms with van der Waals surface area (Å²) >= 11 is 0. The summed E-state index contributed by atoms with van der Waals surface area (Å²) < 4.78 is 5.15. The van der Waals surface area contributed by atoms with E-state index in [1.165, 1.54) is 6.92 Å². The molecular weight excluding hydrogens is 156 g/mol. The Bertz CT molecular complexity index is 165. The molecule has 2 nitrogen and oxygen atoms in total. The molecule has 0 saturated heterocycles. The Kier molecular flexibility index (Phi) is 3.52. The van der Waals surface area contributed by atoms with E-state index in [0.717, 1.165) is 10.2 Å². The van der Waals surface area contributed by atoms with Gasteiger partial charge in [-0.3, -0.25) is 4.79 Å². The maximum atomic E-state index is 10.7. The third-order valence-corrected chi connectivity index (χ3v) is 3.68. The minimum Gasteiger partial charge on any atom is -0.460 e. The Morgan fingerprint density at radius 2 is 2.18 bits per heavy atom. The number of rotatable bonds is 3. The molecule has 0 aliphatic rings. The van der Waals surface area contributed by atoms with E-state index in [2.05, 4.69) is 6.58 Å². The third kappa shape index (κ3) is 2.88. The summed E-state index contributed by atoms with van der Waals surface area (Å²) in [6, 6.07) is 0. The van der Waals surface area contributed by atoms with Gasteiger partial charge in [0.05, 0.1) is 10.2 Å². The average Bonchev–Trinajstić information content (AvgIpc) is 1.86. The van der Waals surface area contributed by atoms with E-state index in [0.29, 0.717) is 5.92 Å². The lowest BCUT2D eigenvalue weighted by atomic mass is 10.1. The Labute approximate surface area is 71.1 Å². The van der Waals surface area contributed by atoms with Crippen LogP contribution >= 0.6 is 0 Å². The largest absolute Gasteiger partial charge is 0.460 e. The first-order chi connectivity index (χ1) is 4.92. The van der Waals surface area contributed by atoms with Gasteiger partial charge >= 0.3 is 5.97 Å². The molecule has 64 valence electrons. The van der Waals surface area contributed by atoms with Crippen molar-refractivity contribution in [3.8, 4) is 0 Å². The molecule has 0 heterocycles. The molecule has 11 heavy (non-hydrogen) atoms. The molecule has 0 bridgehead atoms. The third-order valence-electron chi connectivity index (χ3n) is 1.92. The van der Waals surface area contributed by atoms with Gasteiger partial charge in [-0.1, -0.05) is 26.5 Å². The van der Waals surface area contributed by atoms with Gasteiger partial charge in [0.1, 0.15) is 5.22 Å². The Balaban J connectivity index is 4.34. The molecule has 0 rings (SSSR count). The van der Waals surface area contributed by atoms with Crippen LogP contribution in [0.25, 0.3) is 0 Å². The van der Waals surface area contributed by atoms with E-state index in [4.69, 9.17) is 4.74 Å². The van der Waals surface area contributed by atoms with Crippen LogP contribution in [0.4, 0.5) is 0 Å². The SMILES string of the molecule is C=CC([SiH3])(OC(C)=O)C(C)C. The van der Waals surface area contributed by atoms with Crippen LogP contribution in [0, 0.1) is 5.92 Å². The van der Waals surface area contributed by atoms with E-state index >= 15 is 0 Å². The average molecular weight is 172 g/mol. The van der Waals surface area contributed by atoms with E-state index in [9.17, 15) is 4.79 Å². The zero-order valence-corrected chi connectivity index (χ0v) is 9.68. The molecule has 0 N–H and O–H groups in total. The lowest BCUT2D eigenvalue weighted by Crippen LogP contribution is -2.38. The lowest BCUT2D eigenvalue weighted by Gasteiger charge is -2.29. The molecule has 0 fully saturated rings. The highest BCUT2D eigenvalue weighted by molar-refractivity contribution is 6.16. The minimum atomic E-state index is -0.383. The van der Waals surface area contributed by atoms with Crippen LogP contribution in [0.5, 0.6) is 0 Å². The monoisotopic (exact) mass is 172 g/mol. The Morgan fingerprint density at radius 1 is 1.73 bits per heavy atom. The smallest absolute Gasteiger partial charge is 0.303 e. The molecule has 0 radical (unpaired) electrons. The highest BCUT2D eigenvalue weighted by Gasteiger charge is 2.27. The summed E-state index contributed by atoms with van der Waals surface area (Å²) in [6.07, 6.45) is 1.73. The fraction of sp³-hybridized carbons (Fsp3) is 0.625. The van der Waals surface area contributed by atoms with Crippen molar-refractivity contribution in [3.05, 3.63) is 12.7 Å². The highest BCUT2D eigenvalue weighted by atomic mass is 28.1. The summed E-state index contributed by atoms with van der Waals surface area (Å²) in [5, 5.41) is -0.383. The molecule has 1 atom stereocenters. The molecule has 0 aromatic carbocycles. The van der Waals surface area contributed by atoms with Gasteiger partial charge in [0, 0.05) is 6.92 Å². The molecule has 0 saturated carbocycles. The molecule has 0 aliphatic heterocycles. The van der Waals surface area contributed by atoms with E-state index < -0.39 is 0 Å². The topological polar surface area (TPSA) is 26.3 Å². The van der Waals surface area contributed by atoms with E-state index in [1.807, 2.05) is 13.8 Å². The molecule has 0 amide bonds. The molecule has 0 aromatic heterocycles. The fourth-order valence-corrected chi connectivity index (χ4v) is 0.992. The van der Waals surface area contributed by atoms with Gasteiger partial charge in [0.2, 0.25) is 0 Å². The lowest BCUT2D eigenvalue weighted by molar-refractivity contribution is -0.148. The number of hydrogen-bond donors (Lipinski definition) is 0. The highest BCUT2D eigenvalue weighted by Crippen LogP contribution is 2.18. The van der Waals surface area contributed by atoms with Crippen molar-refractivity contribution in [2.45, 2.75) is 26.0 Å². The maximum absolute atomic E-state index is 10.7. The Hall–Kier alpha value is -0.573. The number of carbonyl (C=O) groups is 1. The number of esters is 1. The molecule has 0 spiro atoms. The van der Waals surface area contributed by atoms with Gasteiger partial charge < -0.3 is 4.74 Å². The summed E-state index contributed by atoms with van der Waals surface area (Å²) in [5.74, 6) is 0.0872. The van der Waals surface area contributed by atoms with Gasteiger partial charge in [0.25, 0.3) is 0 Å². The van der Waals surface area contributed by atoms with Crippen molar-refractivity contribution < 1.29 is 9.53 Å². The predicted octanol–water partition coefficient (Wildman–Crippen LogP) is 0.453. The molecule has 3 heteroatoms. The van der Waals surface area contributed by atoms with Crippen molar-refractivity contribution in [3.63, 3.8) is 0 Å². The first-order valence-corrected chi connectivity index (χ1v) is 4.75. The van der Waals surface area contributed by atoms with E-state index in [1.54, 1.807) is 6.08 Å². The van der Waals surface area contributed by atoms with Crippen molar-refractivity contribution in [2.75, 3.05) is 0 Å². The normalized spacial score (nSPS) is 16.0. The fourth-order valence-electron chi connectivity index (χ4n) is 0.705. The number of carbonyl (C=O) groups excluding carboxylic acids is 1. The molecular formula is C8H16O2Si. The van der Waals surface area contributed by atoms with Gasteiger partial charge in [-0.15, -0.1) is 0 Å². The maximum Gasteiger partial charge on any atom is 0.303 e. The Morgan fingerprint density at radius 3 is 2.27 bits per heavy atom. The van der Waals surface area contributed by atoms with E-state index in [-0.39, 0.29) is 11.2 Å². The second kappa shape index (κ2) is 3.71. The van der Waals surface area contributed by atoms with Crippen LogP contribution in [0.1, 0.15) is 20.8 Å². The van der Waals surface area contributed by atoms with Crippen molar-refractivity contribution in [2.24, 2.45) is 5.92 Å². The quantitative estimate of drug-likeness (QED) is 0.351. The van der Waals surface area contributed by atoms with Gasteiger partial charge in [-0.05, 0) is 5.92 Å². The first kappa shape index (κ1) is 10.4. The van der Waals surface area contributed by atoms with Crippen molar-refractivity contribution in [1.29, 1.82) is 0 Å². The zero-order valence-electron chi connectivity index (χ0n) is 7.68. The van der Waals surface area contributed by atoms with Gasteiger partial charge in [-0.25, -0.2) is 0 Å². The number of ether oxygens (including phenoxy) is 1. The molecule has 0 aliphatic carbocycles. The summed E-state index contributed by atoms with van der Waals surface area (Å²) in [7, 11) is 0.790. The minimum absolute atomic E-state index is 0.228. The van der Waals surface area contributed by atoms with Crippen LogP contribution in [0.15, 0.2) is 12.7 Å². The standard InChI is InChI=1S/C8H16O2Si/c1-5-8(11,6(2)3)10-7(4)9/h5-6H,1H2,2-4,11H3. The summed E-state index contributed by atoms with van der Waals surface area (Å²) in [5.41, 5.74) is 0. The van der Waals surface area contributed by atoms with Crippen LogP contribution < -0.4 is 0 Å². The second-order valence-corrected chi connectivity index (χ2v) is 4.70. The summed E-state index contributed by atoms with van der Waals surface area (Å²) in [6.45, 7) is 9.14. The van der Waals surface area contributed by atoms with Crippen molar-refractivity contribution >= 4 is 16.2 Å². The van der Waals surface area contributed by atoms with Crippen LogP contribution in [0.2, 0.25) is 0 Å². The zero-order chi connectivity index (χ0) is 9.07. The summed E-state index contributed by atoms with van der Waals surface area (Å²) in [4.78, 5) is 10.7. The number of hydrogen-bond acceptors (Lipinski definition) is 2. The van der Waals surface area contributed by atoms with Crippen LogP contribution in [0.3, 0.4) is 0 Å².